The molecular weight excluding hydrogens is 316 g/mol. The Morgan fingerprint density at radius 3 is 2.53 bits per heavy atom. The number of rotatable bonds is 3. The fourth-order valence-electron chi connectivity index (χ4n) is 0.951. The van der Waals surface area contributed by atoms with Gasteiger partial charge in [0, 0.05) is 27.8 Å². The largest absolute Gasteiger partial charge is 0.265 e. The first kappa shape index (κ1) is 12.8. The van der Waals surface area contributed by atoms with Crippen molar-refractivity contribution in [1.82, 2.24) is 4.98 Å². The average Bonchev–Trinajstić information content (AvgIpc) is 2.15. The van der Waals surface area contributed by atoms with Crippen LogP contribution in [0.2, 0.25) is 0 Å². The van der Waals surface area contributed by atoms with E-state index in [4.69, 9.17) is 10.7 Å². The molecule has 0 aliphatic heterocycles. The summed E-state index contributed by atoms with van der Waals surface area (Å²) in [5, 5.41) is 0.259. The zero-order chi connectivity index (χ0) is 11.6. The molecule has 0 amide bonds. The number of nitrogens with zero attached hydrogens (tertiary/aromatic N) is 1. The average molecular weight is 321 g/mol. The number of alkyl halides is 3. The van der Waals surface area contributed by atoms with Crippen molar-refractivity contribution < 1.29 is 17.2 Å². The lowest BCUT2D eigenvalue weighted by molar-refractivity contribution is 0.147. The van der Waals surface area contributed by atoms with E-state index < -0.39 is 25.9 Å². The van der Waals surface area contributed by atoms with Crippen molar-refractivity contribution >= 4 is 35.7 Å². The smallest absolute Gasteiger partial charge is 0.259 e. The Bertz CT molecular complexity index is 466. The van der Waals surface area contributed by atoms with Crippen LogP contribution in [0.4, 0.5) is 8.78 Å². The van der Waals surface area contributed by atoms with Crippen LogP contribution >= 0.6 is 26.6 Å². The highest BCUT2D eigenvalue weighted by Crippen LogP contribution is 2.28. The quantitative estimate of drug-likeness (QED) is 0.635. The minimum atomic E-state index is -4.19. The lowest BCUT2D eigenvalue weighted by Crippen LogP contribution is -2.01. The highest BCUT2D eigenvalue weighted by molar-refractivity contribution is 9.08. The summed E-state index contributed by atoms with van der Waals surface area (Å²) in [6, 6.07) is 1.01. The molecule has 0 aliphatic carbocycles. The summed E-state index contributed by atoms with van der Waals surface area (Å²) in [7, 11) is 0.801. The second-order valence-corrected chi connectivity index (χ2v) is 5.68. The van der Waals surface area contributed by atoms with E-state index in [-0.39, 0.29) is 5.33 Å². The van der Waals surface area contributed by atoms with Crippen LogP contribution in [-0.2, 0) is 14.4 Å². The Morgan fingerprint density at radius 2 is 2.13 bits per heavy atom. The van der Waals surface area contributed by atoms with Crippen molar-refractivity contribution in [2.24, 2.45) is 0 Å². The molecule has 8 heteroatoms. The van der Waals surface area contributed by atoms with Gasteiger partial charge in [0.05, 0.1) is 5.69 Å². The molecule has 0 aromatic carbocycles. The van der Waals surface area contributed by atoms with E-state index in [0.717, 1.165) is 12.3 Å². The number of aromatic nitrogens is 1. The topological polar surface area (TPSA) is 47.0 Å². The molecule has 0 fully saturated rings. The van der Waals surface area contributed by atoms with Crippen LogP contribution in [0.5, 0.6) is 0 Å². The standard InChI is InChI=1S/C7H5BrClF2NO2S/c8-2-4-1-5(7(10)11)6(3-12-4)15(9,13)14/h1,3,7H,2H2. The maximum atomic E-state index is 12.5. The minimum absolute atomic E-state index is 0.259. The SMILES string of the molecule is O=S(=O)(Cl)c1cnc(CBr)cc1C(F)F. The Hall–Kier alpha value is -0.270. The van der Waals surface area contributed by atoms with Gasteiger partial charge < -0.3 is 0 Å². The molecule has 1 rings (SSSR count). The molecular formula is C7H5BrClF2NO2S. The van der Waals surface area contributed by atoms with Crippen molar-refractivity contribution in [3.63, 3.8) is 0 Å². The minimum Gasteiger partial charge on any atom is -0.259 e. The fraction of sp³-hybridized carbons (Fsp3) is 0.286. The molecule has 3 nitrogen and oxygen atoms in total. The Kier molecular flexibility index (Phi) is 4.02. The van der Waals surface area contributed by atoms with E-state index in [1.165, 1.54) is 0 Å². The zero-order valence-corrected chi connectivity index (χ0v) is 10.3. The third-order valence-corrected chi connectivity index (χ3v) is 3.53. The van der Waals surface area contributed by atoms with Gasteiger partial charge in [0.15, 0.2) is 0 Å². The summed E-state index contributed by atoms with van der Waals surface area (Å²) in [5.41, 5.74) is -0.316. The molecule has 1 aromatic rings. The fourth-order valence-corrected chi connectivity index (χ4v) is 2.25. The van der Waals surface area contributed by atoms with Crippen molar-refractivity contribution in [2.45, 2.75) is 16.7 Å². The molecule has 0 bridgehead atoms. The van der Waals surface area contributed by atoms with E-state index in [1.54, 1.807) is 0 Å². The van der Waals surface area contributed by atoms with Gasteiger partial charge in [-0.1, -0.05) is 15.9 Å². The normalized spacial score (nSPS) is 12.1. The van der Waals surface area contributed by atoms with Crippen molar-refractivity contribution in [3.8, 4) is 0 Å². The van der Waals surface area contributed by atoms with Crippen molar-refractivity contribution in [3.05, 3.63) is 23.5 Å². The Morgan fingerprint density at radius 1 is 1.53 bits per heavy atom. The monoisotopic (exact) mass is 319 g/mol. The van der Waals surface area contributed by atoms with Gasteiger partial charge in [-0.25, -0.2) is 17.2 Å². The molecule has 0 spiro atoms. The Balaban J connectivity index is 3.41. The predicted octanol–water partition coefficient (Wildman–Crippen LogP) is 2.84. The maximum Gasteiger partial charge on any atom is 0.265 e. The maximum absolute atomic E-state index is 12.5. The molecule has 1 heterocycles. The van der Waals surface area contributed by atoms with Gasteiger partial charge in [-0.3, -0.25) is 4.98 Å². The van der Waals surface area contributed by atoms with E-state index in [1.807, 2.05) is 0 Å². The van der Waals surface area contributed by atoms with Crippen molar-refractivity contribution in [2.75, 3.05) is 0 Å². The van der Waals surface area contributed by atoms with Crippen LogP contribution in [0, 0.1) is 0 Å². The van der Waals surface area contributed by atoms with Crippen LogP contribution in [0.3, 0.4) is 0 Å². The van der Waals surface area contributed by atoms with Crippen molar-refractivity contribution in [1.29, 1.82) is 0 Å². The number of hydrogen-bond donors (Lipinski definition) is 0. The summed E-state index contributed by atoms with van der Waals surface area (Å²) in [6.07, 6.45) is -2.07. The third kappa shape index (κ3) is 3.09. The molecule has 0 aliphatic rings. The van der Waals surface area contributed by atoms with Crippen LogP contribution in [0.15, 0.2) is 17.2 Å². The molecule has 0 saturated heterocycles. The summed E-state index contributed by atoms with van der Waals surface area (Å²) < 4.78 is 46.9. The van der Waals surface area contributed by atoms with Gasteiger partial charge >= 0.3 is 0 Å². The second-order valence-electron chi connectivity index (χ2n) is 2.59. The molecule has 0 N–H and O–H groups in total. The predicted molar refractivity (Wildman–Crippen MR) is 54.9 cm³/mol. The second kappa shape index (κ2) is 4.71. The third-order valence-electron chi connectivity index (χ3n) is 1.59. The van der Waals surface area contributed by atoms with E-state index in [9.17, 15) is 17.2 Å². The molecule has 0 saturated carbocycles. The summed E-state index contributed by atoms with van der Waals surface area (Å²) >= 11 is 3.03. The number of hydrogen-bond acceptors (Lipinski definition) is 3. The molecule has 0 unspecified atom stereocenters. The number of pyridine rings is 1. The molecule has 84 valence electrons. The molecule has 15 heavy (non-hydrogen) atoms. The summed E-state index contributed by atoms with van der Waals surface area (Å²) in [5.74, 6) is 0. The number of halogens is 4. The van der Waals surface area contributed by atoms with E-state index >= 15 is 0 Å². The van der Waals surface area contributed by atoms with Crippen LogP contribution in [-0.4, -0.2) is 13.4 Å². The Labute approximate surface area is 98.0 Å². The lowest BCUT2D eigenvalue weighted by Gasteiger charge is -2.06. The van der Waals surface area contributed by atoms with Gasteiger partial charge in [-0.15, -0.1) is 0 Å². The van der Waals surface area contributed by atoms with Gasteiger partial charge in [-0.05, 0) is 6.07 Å². The van der Waals surface area contributed by atoms with Gasteiger partial charge in [-0.2, -0.15) is 0 Å². The van der Waals surface area contributed by atoms with Gasteiger partial charge in [0.1, 0.15) is 4.90 Å². The van der Waals surface area contributed by atoms with E-state index in [0.29, 0.717) is 5.69 Å². The van der Waals surface area contributed by atoms with Crippen LogP contribution in [0.25, 0.3) is 0 Å². The van der Waals surface area contributed by atoms with Gasteiger partial charge in [0.25, 0.3) is 15.5 Å². The van der Waals surface area contributed by atoms with Crippen LogP contribution < -0.4 is 0 Å². The highest BCUT2D eigenvalue weighted by Gasteiger charge is 2.22. The summed E-state index contributed by atoms with van der Waals surface area (Å²) in [6.45, 7) is 0. The van der Waals surface area contributed by atoms with Crippen LogP contribution in [0.1, 0.15) is 17.7 Å². The molecule has 1 aromatic heterocycles. The zero-order valence-electron chi connectivity index (χ0n) is 7.12. The lowest BCUT2D eigenvalue weighted by atomic mass is 10.2. The summed E-state index contributed by atoms with van der Waals surface area (Å²) in [4.78, 5) is 3.01. The molecule has 0 atom stereocenters. The van der Waals surface area contributed by atoms with E-state index in [2.05, 4.69) is 20.9 Å². The molecule has 0 radical (unpaired) electrons. The highest BCUT2D eigenvalue weighted by atomic mass is 79.9. The van der Waals surface area contributed by atoms with Gasteiger partial charge in [0.2, 0.25) is 0 Å². The first-order valence-electron chi connectivity index (χ1n) is 3.64. The first-order valence-corrected chi connectivity index (χ1v) is 7.07. The first-order chi connectivity index (χ1) is 6.86.